The fraction of sp³-hybridized carbons (Fsp3) is 0.200. The summed E-state index contributed by atoms with van der Waals surface area (Å²) in [5.41, 5.74) is 9.06. The van der Waals surface area contributed by atoms with Gasteiger partial charge < -0.3 is 5.73 Å². The minimum absolute atomic E-state index is 0.118. The average molecular weight is 298 g/mol. The lowest BCUT2D eigenvalue weighted by molar-refractivity contribution is 0.626. The Balaban J connectivity index is 2.23. The Bertz CT molecular complexity index is 599. The SMILES string of the molecule is Cc1c(Cl)cccc1C(N)Cc1ccc(F)c(Cl)c1. The van der Waals surface area contributed by atoms with Crippen molar-refractivity contribution in [1.29, 1.82) is 0 Å². The first kappa shape index (κ1) is 14.3. The van der Waals surface area contributed by atoms with Crippen molar-refractivity contribution >= 4 is 23.2 Å². The molecule has 0 aliphatic heterocycles. The summed E-state index contributed by atoms with van der Waals surface area (Å²) in [6, 6.07) is 10.1. The van der Waals surface area contributed by atoms with E-state index in [-0.39, 0.29) is 11.1 Å². The molecule has 0 spiro atoms. The Morgan fingerprint density at radius 1 is 1.16 bits per heavy atom. The molecule has 0 amide bonds. The molecule has 19 heavy (non-hydrogen) atoms. The molecule has 2 rings (SSSR count). The highest BCUT2D eigenvalue weighted by atomic mass is 35.5. The van der Waals surface area contributed by atoms with Gasteiger partial charge in [-0.25, -0.2) is 4.39 Å². The summed E-state index contributed by atoms with van der Waals surface area (Å²) in [6.45, 7) is 1.94. The van der Waals surface area contributed by atoms with E-state index in [4.69, 9.17) is 28.9 Å². The molecule has 0 heterocycles. The molecule has 0 fully saturated rings. The Morgan fingerprint density at radius 2 is 1.89 bits per heavy atom. The standard InChI is InChI=1S/C15H14Cl2FN/c1-9-11(3-2-4-12(9)16)15(19)8-10-5-6-14(18)13(17)7-10/h2-7,15H,8,19H2,1H3. The zero-order valence-electron chi connectivity index (χ0n) is 10.5. The van der Waals surface area contributed by atoms with Crippen molar-refractivity contribution < 1.29 is 4.39 Å². The lowest BCUT2D eigenvalue weighted by Gasteiger charge is -2.16. The summed E-state index contributed by atoms with van der Waals surface area (Å²) < 4.78 is 13.1. The van der Waals surface area contributed by atoms with Gasteiger partial charge in [0.05, 0.1) is 5.02 Å². The molecule has 2 aromatic carbocycles. The van der Waals surface area contributed by atoms with Crippen molar-refractivity contribution in [2.24, 2.45) is 5.73 Å². The fourth-order valence-electron chi connectivity index (χ4n) is 2.06. The van der Waals surface area contributed by atoms with Crippen LogP contribution < -0.4 is 5.73 Å². The topological polar surface area (TPSA) is 26.0 Å². The molecular weight excluding hydrogens is 284 g/mol. The van der Waals surface area contributed by atoms with Crippen LogP contribution in [-0.4, -0.2) is 0 Å². The minimum atomic E-state index is -0.419. The molecule has 0 saturated heterocycles. The van der Waals surface area contributed by atoms with E-state index in [9.17, 15) is 4.39 Å². The van der Waals surface area contributed by atoms with E-state index in [2.05, 4.69) is 0 Å². The van der Waals surface area contributed by atoms with E-state index in [1.807, 2.05) is 25.1 Å². The van der Waals surface area contributed by atoms with Gasteiger partial charge in [-0.15, -0.1) is 0 Å². The van der Waals surface area contributed by atoms with Crippen molar-refractivity contribution in [3.8, 4) is 0 Å². The van der Waals surface area contributed by atoms with E-state index in [0.717, 1.165) is 16.7 Å². The third-order valence-electron chi connectivity index (χ3n) is 3.15. The molecule has 4 heteroatoms. The highest BCUT2D eigenvalue weighted by Crippen LogP contribution is 2.26. The largest absolute Gasteiger partial charge is 0.324 e. The molecule has 1 unspecified atom stereocenters. The van der Waals surface area contributed by atoms with Crippen LogP contribution in [0.4, 0.5) is 4.39 Å². The van der Waals surface area contributed by atoms with Crippen LogP contribution >= 0.6 is 23.2 Å². The van der Waals surface area contributed by atoms with Gasteiger partial charge >= 0.3 is 0 Å². The van der Waals surface area contributed by atoms with Crippen molar-refractivity contribution in [2.45, 2.75) is 19.4 Å². The Morgan fingerprint density at radius 3 is 2.58 bits per heavy atom. The summed E-state index contributed by atoms with van der Waals surface area (Å²) in [6.07, 6.45) is 0.585. The third kappa shape index (κ3) is 3.27. The lowest BCUT2D eigenvalue weighted by atomic mass is 9.96. The molecule has 100 valence electrons. The van der Waals surface area contributed by atoms with Gasteiger partial charge in [0, 0.05) is 11.1 Å². The molecule has 2 N–H and O–H groups in total. The van der Waals surface area contributed by atoms with Gasteiger partial charge in [0.25, 0.3) is 0 Å². The predicted molar refractivity (Wildman–Crippen MR) is 78.2 cm³/mol. The molecule has 1 atom stereocenters. The number of benzene rings is 2. The molecule has 0 bridgehead atoms. The smallest absolute Gasteiger partial charge is 0.141 e. The van der Waals surface area contributed by atoms with E-state index >= 15 is 0 Å². The zero-order chi connectivity index (χ0) is 14.0. The maximum atomic E-state index is 13.1. The normalized spacial score (nSPS) is 12.5. The Hall–Kier alpha value is -1.09. The average Bonchev–Trinajstić information content (AvgIpc) is 2.37. The highest BCUT2D eigenvalue weighted by Gasteiger charge is 2.12. The first-order valence-electron chi connectivity index (χ1n) is 5.93. The van der Waals surface area contributed by atoms with Gasteiger partial charge in [-0.3, -0.25) is 0 Å². The van der Waals surface area contributed by atoms with Crippen LogP contribution in [0.15, 0.2) is 36.4 Å². The van der Waals surface area contributed by atoms with Crippen molar-refractivity contribution in [3.63, 3.8) is 0 Å². The summed E-state index contributed by atoms with van der Waals surface area (Å²) in [7, 11) is 0. The fourth-order valence-corrected chi connectivity index (χ4v) is 2.44. The predicted octanol–water partition coefficient (Wildman–Crippen LogP) is 4.68. The van der Waals surface area contributed by atoms with Crippen LogP contribution in [0.5, 0.6) is 0 Å². The van der Waals surface area contributed by atoms with Crippen molar-refractivity contribution in [3.05, 3.63) is 69.0 Å². The van der Waals surface area contributed by atoms with Gasteiger partial charge in [0.15, 0.2) is 0 Å². The molecule has 1 nitrogen and oxygen atoms in total. The van der Waals surface area contributed by atoms with E-state index < -0.39 is 5.82 Å². The molecule has 2 aromatic rings. The first-order chi connectivity index (χ1) is 8.99. The maximum Gasteiger partial charge on any atom is 0.141 e. The van der Waals surface area contributed by atoms with Crippen LogP contribution in [0, 0.1) is 12.7 Å². The Kier molecular flexibility index (Phi) is 4.46. The summed E-state index contributed by atoms with van der Waals surface area (Å²) >= 11 is 11.8. The van der Waals surface area contributed by atoms with Gasteiger partial charge in [-0.05, 0) is 48.2 Å². The van der Waals surface area contributed by atoms with Crippen LogP contribution in [0.25, 0.3) is 0 Å². The van der Waals surface area contributed by atoms with Crippen LogP contribution in [-0.2, 0) is 6.42 Å². The molecule has 0 radical (unpaired) electrons. The Labute approximate surface area is 122 Å². The molecule has 0 aromatic heterocycles. The third-order valence-corrected chi connectivity index (χ3v) is 3.85. The summed E-state index contributed by atoms with van der Waals surface area (Å²) in [5.74, 6) is -0.419. The van der Waals surface area contributed by atoms with Gasteiger partial charge in [-0.1, -0.05) is 41.4 Å². The summed E-state index contributed by atoms with van der Waals surface area (Å²) in [5, 5.41) is 0.817. The second kappa shape index (κ2) is 5.91. The molecule has 0 aliphatic carbocycles. The van der Waals surface area contributed by atoms with Gasteiger partial charge in [0.1, 0.15) is 5.82 Å². The monoisotopic (exact) mass is 297 g/mol. The number of hydrogen-bond acceptors (Lipinski definition) is 1. The van der Waals surface area contributed by atoms with E-state index in [1.165, 1.54) is 6.07 Å². The van der Waals surface area contributed by atoms with Gasteiger partial charge in [-0.2, -0.15) is 0 Å². The molecular formula is C15H14Cl2FN. The number of nitrogens with two attached hydrogens (primary N) is 1. The quantitative estimate of drug-likeness (QED) is 0.874. The number of halogens is 3. The second-order valence-corrected chi connectivity index (χ2v) is 5.33. The maximum absolute atomic E-state index is 13.1. The van der Waals surface area contributed by atoms with Crippen LogP contribution in [0.3, 0.4) is 0 Å². The van der Waals surface area contributed by atoms with Crippen molar-refractivity contribution in [2.75, 3.05) is 0 Å². The minimum Gasteiger partial charge on any atom is -0.324 e. The van der Waals surface area contributed by atoms with E-state index in [1.54, 1.807) is 12.1 Å². The summed E-state index contributed by atoms with van der Waals surface area (Å²) in [4.78, 5) is 0. The van der Waals surface area contributed by atoms with E-state index in [0.29, 0.717) is 11.4 Å². The first-order valence-corrected chi connectivity index (χ1v) is 6.69. The number of hydrogen-bond donors (Lipinski definition) is 1. The van der Waals surface area contributed by atoms with Crippen LogP contribution in [0.1, 0.15) is 22.7 Å². The number of rotatable bonds is 3. The molecule has 0 saturated carbocycles. The van der Waals surface area contributed by atoms with Gasteiger partial charge in [0.2, 0.25) is 0 Å². The highest BCUT2D eigenvalue weighted by molar-refractivity contribution is 6.31. The lowest BCUT2D eigenvalue weighted by Crippen LogP contribution is -2.14. The molecule has 0 aliphatic rings. The second-order valence-electron chi connectivity index (χ2n) is 4.51. The zero-order valence-corrected chi connectivity index (χ0v) is 12.0. The van der Waals surface area contributed by atoms with Crippen LogP contribution in [0.2, 0.25) is 10.0 Å². The van der Waals surface area contributed by atoms with Crippen molar-refractivity contribution in [1.82, 2.24) is 0 Å².